The van der Waals surface area contributed by atoms with Crippen LogP contribution in [0.15, 0.2) is 47.4 Å². The molecule has 1 aromatic carbocycles. The summed E-state index contributed by atoms with van der Waals surface area (Å²) in [6.07, 6.45) is 1.79. The van der Waals surface area contributed by atoms with Crippen molar-refractivity contribution < 1.29 is 14.3 Å². The molecule has 0 saturated carbocycles. The molecule has 5 heteroatoms. The Kier molecular flexibility index (Phi) is 4.99. The van der Waals surface area contributed by atoms with Gasteiger partial charge in [-0.05, 0) is 30.2 Å². The van der Waals surface area contributed by atoms with Gasteiger partial charge in [-0.15, -0.1) is 0 Å². The monoisotopic (exact) mass is 301 g/mol. The maximum atomic E-state index is 12.2. The number of methoxy groups -OCH3 is 1. The smallest absolute Gasteiger partial charge is 0.338 e. The standard InChI is InChI=1S/C17H19NO4/c1-4-15(12-6-5-7-14(10-12)21-3)22-17(20)13-8-9-18(2)16(19)11-13/h5-11,15H,4H2,1-3H3/t15-/m1/s1. The summed E-state index contributed by atoms with van der Waals surface area (Å²) in [6.45, 7) is 1.93. The van der Waals surface area contributed by atoms with E-state index < -0.39 is 5.97 Å². The lowest BCUT2D eigenvalue weighted by Crippen LogP contribution is -2.18. The van der Waals surface area contributed by atoms with Gasteiger partial charge in [-0.1, -0.05) is 19.1 Å². The molecule has 0 N–H and O–H groups in total. The molecule has 0 saturated heterocycles. The van der Waals surface area contributed by atoms with Crippen LogP contribution in [0.5, 0.6) is 5.75 Å². The van der Waals surface area contributed by atoms with E-state index in [0.717, 1.165) is 5.56 Å². The van der Waals surface area contributed by atoms with Gasteiger partial charge in [0.15, 0.2) is 0 Å². The van der Waals surface area contributed by atoms with Gasteiger partial charge in [0.05, 0.1) is 12.7 Å². The predicted octanol–water partition coefficient (Wildman–Crippen LogP) is 2.70. The zero-order valence-corrected chi connectivity index (χ0v) is 12.9. The summed E-state index contributed by atoms with van der Waals surface area (Å²) in [4.78, 5) is 23.8. The first-order valence-corrected chi connectivity index (χ1v) is 7.06. The van der Waals surface area contributed by atoms with Gasteiger partial charge in [0.25, 0.3) is 5.56 Å². The van der Waals surface area contributed by atoms with Crippen LogP contribution in [0, 0.1) is 0 Å². The van der Waals surface area contributed by atoms with E-state index in [1.54, 1.807) is 26.4 Å². The molecule has 0 amide bonds. The molecule has 0 unspecified atom stereocenters. The van der Waals surface area contributed by atoms with E-state index in [-0.39, 0.29) is 17.2 Å². The highest BCUT2D eigenvalue weighted by Crippen LogP contribution is 2.25. The maximum Gasteiger partial charge on any atom is 0.338 e. The molecule has 0 aliphatic carbocycles. The summed E-state index contributed by atoms with van der Waals surface area (Å²) in [7, 11) is 3.22. The second-order valence-corrected chi connectivity index (χ2v) is 4.94. The summed E-state index contributed by atoms with van der Waals surface area (Å²) >= 11 is 0. The van der Waals surface area contributed by atoms with Crippen LogP contribution >= 0.6 is 0 Å². The van der Waals surface area contributed by atoms with Gasteiger partial charge >= 0.3 is 5.97 Å². The molecule has 1 aromatic heterocycles. The van der Waals surface area contributed by atoms with Crippen molar-refractivity contribution in [2.75, 3.05) is 7.11 Å². The molecule has 116 valence electrons. The van der Waals surface area contributed by atoms with Gasteiger partial charge in [0, 0.05) is 19.3 Å². The molecule has 0 spiro atoms. The third-order valence-electron chi connectivity index (χ3n) is 3.43. The van der Waals surface area contributed by atoms with Crippen molar-refractivity contribution in [2.45, 2.75) is 19.4 Å². The van der Waals surface area contributed by atoms with Crippen molar-refractivity contribution in [3.63, 3.8) is 0 Å². The minimum absolute atomic E-state index is 0.246. The number of carbonyl (C=O) groups is 1. The largest absolute Gasteiger partial charge is 0.497 e. The van der Waals surface area contributed by atoms with Gasteiger partial charge in [-0.25, -0.2) is 4.79 Å². The Labute approximate surface area is 129 Å². The molecule has 0 aliphatic rings. The molecule has 2 rings (SSSR count). The van der Waals surface area contributed by atoms with Crippen molar-refractivity contribution in [3.8, 4) is 5.75 Å². The Morgan fingerprint density at radius 2 is 2.05 bits per heavy atom. The van der Waals surface area contributed by atoms with Crippen LogP contribution in [-0.2, 0) is 11.8 Å². The Morgan fingerprint density at radius 1 is 1.27 bits per heavy atom. The van der Waals surface area contributed by atoms with Gasteiger partial charge in [0.2, 0.25) is 0 Å². The SMILES string of the molecule is CC[C@@H](OC(=O)c1ccn(C)c(=O)c1)c1cccc(OC)c1. The number of hydrogen-bond acceptors (Lipinski definition) is 4. The lowest BCUT2D eigenvalue weighted by Gasteiger charge is -2.17. The highest BCUT2D eigenvalue weighted by Gasteiger charge is 2.17. The van der Waals surface area contributed by atoms with Crippen molar-refractivity contribution in [2.24, 2.45) is 7.05 Å². The second-order valence-electron chi connectivity index (χ2n) is 4.94. The zero-order chi connectivity index (χ0) is 16.1. The lowest BCUT2D eigenvalue weighted by molar-refractivity contribution is 0.0287. The molecule has 0 bridgehead atoms. The summed E-state index contributed by atoms with van der Waals surface area (Å²) in [6, 6.07) is 10.3. The topological polar surface area (TPSA) is 57.5 Å². The fourth-order valence-corrected chi connectivity index (χ4v) is 2.10. The number of pyridine rings is 1. The first-order valence-electron chi connectivity index (χ1n) is 7.06. The minimum atomic E-state index is -0.507. The molecule has 1 atom stereocenters. The van der Waals surface area contributed by atoms with Gasteiger partial charge in [-0.2, -0.15) is 0 Å². The first kappa shape index (κ1) is 15.8. The fourth-order valence-electron chi connectivity index (χ4n) is 2.10. The number of hydrogen-bond donors (Lipinski definition) is 0. The van der Waals surface area contributed by atoms with E-state index in [2.05, 4.69) is 0 Å². The van der Waals surface area contributed by atoms with Gasteiger partial charge in [-0.3, -0.25) is 4.79 Å². The summed E-state index contributed by atoms with van der Waals surface area (Å²) in [5.41, 5.74) is 0.868. The molecule has 1 heterocycles. The van der Waals surface area contributed by atoms with Crippen molar-refractivity contribution >= 4 is 5.97 Å². The molecular weight excluding hydrogens is 282 g/mol. The number of aromatic nitrogens is 1. The van der Waals surface area contributed by atoms with Crippen molar-refractivity contribution in [1.82, 2.24) is 4.57 Å². The minimum Gasteiger partial charge on any atom is -0.497 e. The Balaban J connectivity index is 2.20. The number of rotatable bonds is 5. The van der Waals surface area contributed by atoms with Crippen molar-refractivity contribution in [1.29, 1.82) is 0 Å². The van der Waals surface area contributed by atoms with E-state index in [9.17, 15) is 9.59 Å². The number of carbonyl (C=O) groups excluding carboxylic acids is 1. The number of ether oxygens (including phenoxy) is 2. The van der Waals surface area contributed by atoms with E-state index in [1.165, 1.54) is 10.6 Å². The summed E-state index contributed by atoms with van der Waals surface area (Å²) < 4.78 is 12.1. The quantitative estimate of drug-likeness (QED) is 0.797. The van der Waals surface area contributed by atoms with E-state index in [4.69, 9.17) is 9.47 Å². The Hall–Kier alpha value is -2.56. The van der Waals surface area contributed by atoms with Crippen LogP contribution in [0.4, 0.5) is 0 Å². The molecule has 22 heavy (non-hydrogen) atoms. The number of benzene rings is 1. The van der Waals surface area contributed by atoms with Crippen LogP contribution < -0.4 is 10.3 Å². The highest BCUT2D eigenvalue weighted by molar-refractivity contribution is 5.89. The lowest BCUT2D eigenvalue weighted by atomic mass is 10.1. The van der Waals surface area contributed by atoms with E-state index in [0.29, 0.717) is 12.2 Å². The predicted molar refractivity (Wildman–Crippen MR) is 83.1 cm³/mol. The Bertz CT molecular complexity index is 721. The third-order valence-corrected chi connectivity index (χ3v) is 3.43. The molecular formula is C17H19NO4. The average Bonchev–Trinajstić information content (AvgIpc) is 2.54. The Morgan fingerprint density at radius 3 is 2.68 bits per heavy atom. The van der Waals surface area contributed by atoms with E-state index in [1.807, 2.05) is 31.2 Å². The molecule has 2 aromatic rings. The molecule has 0 fully saturated rings. The highest BCUT2D eigenvalue weighted by atomic mass is 16.5. The first-order chi connectivity index (χ1) is 10.5. The van der Waals surface area contributed by atoms with Crippen LogP contribution in [0.2, 0.25) is 0 Å². The fraction of sp³-hybridized carbons (Fsp3) is 0.294. The molecule has 0 aliphatic heterocycles. The van der Waals surface area contributed by atoms with Crippen LogP contribution in [0.25, 0.3) is 0 Å². The number of esters is 1. The normalized spacial score (nSPS) is 11.8. The number of aryl methyl sites for hydroxylation is 1. The average molecular weight is 301 g/mol. The summed E-state index contributed by atoms with van der Waals surface area (Å²) in [5.74, 6) is 0.202. The van der Waals surface area contributed by atoms with E-state index >= 15 is 0 Å². The van der Waals surface area contributed by atoms with Crippen LogP contribution in [0.3, 0.4) is 0 Å². The van der Waals surface area contributed by atoms with Crippen LogP contribution in [-0.4, -0.2) is 17.6 Å². The van der Waals surface area contributed by atoms with Gasteiger partial charge < -0.3 is 14.0 Å². The number of nitrogens with zero attached hydrogens (tertiary/aromatic N) is 1. The molecule has 0 radical (unpaired) electrons. The molecule has 5 nitrogen and oxygen atoms in total. The second kappa shape index (κ2) is 6.93. The maximum absolute atomic E-state index is 12.2. The third kappa shape index (κ3) is 3.55. The van der Waals surface area contributed by atoms with Crippen LogP contribution in [0.1, 0.15) is 35.4 Å². The van der Waals surface area contributed by atoms with Gasteiger partial charge in [0.1, 0.15) is 11.9 Å². The summed E-state index contributed by atoms with van der Waals surface area (Å²) in [5, 5.41) is 0. The zero-order valence-electron chi connectivity index (χ0n) is 12.9. The van der Waals surface area contributed by atoms with Crippen molar-refractivity contribution in [3.05, 3.63) is 64.1 Å².